The second-order valence-electron chi connectivity index (χ2n) is 3.93. The highest BCUT2D eigenvalue weighted by atomic mass is 32.2. The number of rotatable bonds is 4. The van der Waals surface area contributed by atoms with E-state index in [4.69, 9.17) is 4.74 Å². The fraction of sp³-hybridized carbons (Fsp3) is 0.200. The highest BCUT2D eigenvalue weighted by molar-refractivity contribution is 7.99. The van der Waals surface area contributed by atoms with Crippen LogP contribution in [0.25, 0.3) is 0 Å². The van der Waals surface area contributed by atoms with Gasteiger partial charge >= 0.3 is 0 Å². The van der Waals surface area contributed by atoms with Gasteiger partial charge in [0.25, 0.3) is 0 Å². The Hall–Kier alpha value is -1.61. The Kier molecular flexibility index (Phi) is 4.15. The summed E-state index contributed by atoms with van der Waals surface area (Å²) in [6.45, 7) is 2.07. The Morgan fingerprint density at radius 3 is 2.39 bits per heavy atom. The largest absolute Gasteiger partial charge is 0.507 e. The second-order valence-corrected chi connectivity index (χ2v) is 5.05. The van der Waals surface area contributed by atoms with Gasteiger partial charge in [-0.15, -0.1) is 0 Å². The fourth-order valence-corrected chi connectivity index (χ4v) is 2.47. The molecule has 0 atom stereocenters. The van der Waals surface area contributed by atoms with Gasteiger partial charge in [0, 0.05) is 4.90 Å². The minimum atomic E-state index is 0.343. The molecule has 0 heterocycles. The summed E-state index contributed by atoms with van der Waals surface area (Å²) in [7, 11) is 1.65. The van der Waals surface area contributed by atoms with Gasteiger partial charge in [-0.1, -0.05) is 24.8 Å². The molecule has 0 bridgehead atoms. The third-order valence-electron chi connectivity index (χ3n) is 2.72. The summed E-state index contributed by atoms with van der Waals surface area (Å²) in [6, 6.07) is 13.6. The lowest BCUT2D eigenvalue weighted by atomic mass is 10.2. The summed E-state index contributed by atoms with van der Waals surface area (Å²) >= 11 is 1.55. The summed E-state index contributed by atoms with van der Waals surface area (Å²) in [5, 5.41) is 9.94. The van der Waals surface area contributed by atoms with Crippen LogP contribution in [0.4, 0.5) is 0 Å². The summed E-state index contributed by atoms with van der Waals surface area (Å²) in [5.41, 5.74) is 1.14. The predicted molar refractivity (Wildman–Crippen MR) is 74.6 cm³/mol. The number of phenolic OH excluding ortho intramolecular Hbond substituents is 1. The first kappa shape index (κ1) is 12.8. The van der Waals surface area contributed by atoms with Crippen LogP contribution in [-0.4, -0.2) is 12.2 Å². The standard InChI is InChI=1S/C15H16O2S/c1-3-11-4-9-15(14(16)10-11)18-13-7-5-12(17-2)6-8-13/h4-10,16H,3H2,1-2H3. The lowest BCUT2D eigenvalue weighted by Crippen LogP contribution is -1.83. The molecule has 0 saturated carbocycles. The van der Waals surface area contributed by atoms with Crippen molar-refractivity contribution in [2.45, 2.75) is 23.1 Å². The average molecular weight is 260 g/mol. The molecule has 0 spiro atoms. The predicted octanol–water partition coefficient (Wildman–Crippen LogP) is 4.11. The molecule has 0 unspecified atom stereocenters. The molecule has 94 valence electrons. The third-order valence-corrected chi connectivity index (χ3v) is 3.79. The van der Waals surface area contributed by atoms with E-state index in [0.29, 0.717) is 5.75 Å². The van der Waals surface area contributed by atoms with Gasteiger partial charge in [-0.05, 0) is 48.4 Å². The van der Waals surface area contributed by atoms with Gasteiger partial charge in [-0.25, -0.2) is 0 Å². The van der Waals surface area contributed by atoms with E-state index >= 15 is 0 Å². The molecule has 0 aliphatic heterocycles. The topological polar surface area (TPSA) is 29.5 Å². The molecule has 0 saturated heterocycles. The number of aromatic hydroxyl groups is 1. The smallest absolute Gasteiger partial charge is 0.129 e. The summed E-state index contributed by atoms with van der Waals surface area (Å²) < 4.78 is 5.11. The van der Waals surface area contributed by atoms with E-state index in [1.165, 1.54) is 0 Å². The number of hydrogen-bond donors (Lipinski definition) is 1. The molecular formula is C15H16O2S. The minimum absolute atomic E-state index is 0.343. The van der Waals surface area contributed by atoms with Gasteiger partial charge in [0.05, 0.1) is 12.0 Å². The monoisotopic (exact) mass is 260 g/mol. The van der Waals surface area contributed by atoms with Crippen molar-refractivity contribution in [1.29, 1.82) is 0 Å². The first-order chi connectivity index (χ1) is 8.72. The van der Waals surface area contributed by atoms with Crippen molar-refractivity contribution in [3.63, 3.8) is 0 Å². The Morgan fingerprint density at radius 1 is 1.11 bits per heavy atom. The first-order valence-electron chi connectivity index (χ1n) is 5.86. The molecule has 0 aliphatic rings. The van der Waals surface area contributed by atoms with Gasteiger partial charge in [-0.3, -0.25) is 0 Å². The quantitative estimate of drug-likeness (QED) is 0.897. The van der Waals surface area contributed by atoms with Crippen LogP contribution in [-0.2, 0) is 6.42 Å². The Balaban J connectivity index is 2.17. The van der Waals surface area contributed by atoms with E-state index in [1.54, 1.807) is 18.9 Å². The number of benzene rings is 2. The van der Waals surface area contributed by atoms with Crippen molar-refractivity contribution in [1.82, 2.24) is 0 Å². The SMILES string of the molecule is CCc1ccc(Sc2ccc(OC)cc2)c(O)c1. The Labute approximate surface area is 112 Å². The van der Waals surface area contributed by atoms with Gasteiger partial charge in [-0.2, -0.15) is 0 Å². The van der Waals surface area contributed by atoms with E-state index in [0.717, 1.165) is 27.5 Å². The van der Waals surface area contributed by atoms with Gasteiger partial charge in [0.2, 0.25) is 0 Å². The molecule has 0 aliphatic carbocycles. The van der Waals surface area contributed by atoms with E-state index in [-0.39, 0.29) is 0 Å². The van der Waals surface area contributed by atoms with E-state index in [9.17, 15) is 5.11 Å². The van der Waals surface area contributed by atoms with Crippen LogP contribution < -0.4 is 4.74 Å². The maximum Gasteiger partial charge on any atom is 0.129 e. The second kappa shape index (κ2) is 5.83. The lowest BCUT2D eigenvalue weighted by molar-refractivity contribution is 0.414. The normalized spacial score (nSPS) is 10.3. The zero-order valence-corrected chi connectivity index (χ0v) is 11.3. The highest BCUT2D eigenvalue weighted by Gasteiger charge is 2.04. The van der Waals surface area contributed by atoms with E-state index in [2.05, 4.69) is 6.92 Å². The molecule has 2 nitrogen and oxygen atoms in total. The zero-order chi connectivity index (χ0) is 13.0. The molecule has 2 aromatic rings. The fourth-order valence-electron chi connectivity index (χ4n) is 1.64. The molecule has 2 aromatic carbocycles. The number of ether oxygens (including phenoxy) is 1. The van der Waals surface area contributed by atoms with Crippen molar-refractivity contribution in [3.05, 3.63) is 48.0 Å². The van der Waals surface area contributed by atoms with E-state index < -0.39 is 0 Å². The summed E-state index contributed by atoms with van der Waals surface area (Å²) in [4.78, 5) is 1.95. The molecule has 0 amide bonds. The molecule has 0 fully saturated rings. The van der Waals surface area contributed by atoms with Gasteiger partial charge in [0.15, 0.2) is 0 Å². The molecule has 0 radical (unpaired) electrons. The molecule has 0 aromatic heterocycles. The van der Waals surface area contributed by atoms with Gasteiger partial charge < -0.3 is 9.84 Å². The van der Waals surface area contributed by atoms with Crippen LogP contribution in [0.2, 0.25) is 0 Å². The van der Waals surface area contributed by atoms with Crippen LogP contribution in [0.3, 0.4) is 0 Å². The van der Waals surface area contributed by atoms with Gasteiger partial charge in [0.1, 0.15) is 11.5 Å². The molecule has 18 heavy (non-hydrogen) atoms. The van der Waals surface area contributed by atoms with Crippen molar-refractivity contribution in [2.75, 3.05) is 7.11 Å². The van der Waals surface area contributed by atoms with Crippen LogP contribution in [0.5, 0.6) is 11.5 Å². The molecule has 3 heteroatoms. The maximum absolute atomic E-state index is 9.94. The minimum Gasteiger partial charge on any atom is -0.507 e. The number of phenols is 1. The first-order valence-corrected chi connectivity index (χ1v) is 6.68. The van der Waals surface area contributed by atoms with Crippen molar-refractivity contribution in [3.8, 4) is 11.5 Å². The zero-order valence-electron chi connectivity index (χ0n) is 10.5. The van der Waals surface area contributed by atoms with Crippen LogP contribution in [0.15, 0.2) is 52.3 Å². The van der Waals surface area contributed by atoms with Crippen molar-refractivity contribution >= 4 is 11.8 Å². The van der Waals surface area contributed by atoms with Crippen molar-refractivity contribution < 1.29 is 9.84 Å². The van der Waals surface area contributed by atoms with Crippen LogP contribution in [0, 0.1) is 0 Å². The average Bonchev–Trinajstić information content (AvgIpc) is 2.42. The van der Waals surface area contributed by atoms with Crippen molar-refractivity contribution in [2.24, 2.45) is 0 Å². The summed E-state index contributed by atoms with van der Waals surface area (Å²) in [6.07, 6.45) is 0.932. The third kappa shape index (κ3) is 2.99. The lowest BCUT2D eigenvalue weighted by Gasteiger charge is -2.07. The number of aryl methyl sites for hydroxylation is 1. The van der Waals surface area contributed by atoms with Crippen LogP contribution in [0.1, 0.15) is 12.5 Å². The molecule has 1 N–H and O–H groups in total. The maximum atomic E-state index is 9.94. The molecule has 2 rings (SSSR count). The number of hydrogen-bond acceptors (Lipinski definition) is 3. The number of methoxy groups -OCH3 is 1. The highest BCUT2D eigenvalue weighted by Crippen LogP contribution is 2.35. The molecular weight excluding hydrogens is 244 g/mol. The van der Waals surface area contributed by atoms with E-state index in [1.807, 2.05) is 42.5 Å². The summed E-state index contributed by atoms with van der Waals surface area (Å²) in [5.74, 6) is 1.18. The van der Waals surface area contributed by atoms with Crippen LogP contribution >= 0.6 is 11.8 Å². The Bertz CT molecular complexity index is 521. The Morgan fingerprint density at radius 2 is 1.83 bits per heavy atom.